The highest BCUT2D eigenvalue weighted by Gasteiger charge is 2.19. The summed E-state index contributed by atoms with van der Waals surface area (Å²) in [5.41, 5.74) is 2.85. The average molecular weight is 389 g/mol. The Morgan fingerprint density at radius 3 is 2.66 bits per heavy atom. The number of hydrogen-bond acceptors (Lipinski definition) is 6. The van der Waals surface area contributed by atoms with E-state index in [0.29, 0.717) is 34.9 Å². The standard InChI is InChI=1S/C21H23N7O/c1-3-27-13-15(19-23-16-6-4-5-7-17(16)24-19)18(29)14-12-22-21(25-20(14)27)28-10-8-26(2)9-11-28/h4-7,12-13H,3,8-11H2,1-2H3,(H,23,24). The number of aryl methyl sites for hydroxylation is 1. The Morgan fingerprint density at radius 2 is 1.90 bits per heavy atom. The Hall–Kier alpha value is -3.26. The van der Waals surface area contributed by atoms with E-state index in [1.807, 2.05) is 42.0 Å². The summed E-state index contributed by atoms with van der Waals surface area (Å²) in [5, 5.41) is 0.516. The van der Waals surface area contributed by atoms with Crippen LogP contribution in [-0.4, -0.2) is 62.6 Å². The van der Waals surface area contributed by atoms with Gasteiger partial charge in [-0.1, -0.05) is 12.1 Å². The molecule has 0 amide bonds. The molecule has 0 bridgehead atoms. The van der Waals surface area contributed by atoms with E-state index >= 15 is 0 Å². The highest BCUT2D eigenvalue weighted by atomic mass is 16.1. The van der Waals surface area contributed by atoms with Gasteiger partial charge < -0.3 is 19.4 Å². The topological polar surface area (TPSA) is 82.9 Å². The molecule has 3 aromatic heterocycles. The molecule has 0 saturated carbocycles. The van der Waals surface area contributed by atoms with Crippen LogP contribution in [0.1, 0.15) is 6.92 Å². The minimum atomic E-state index is -0.103. The Kier molecular flexibility index (Phi) is 4.28. The molecule has 4 heterocycles. The fourth-order valence-corrected chi connectivity index (χ4v) is 3.81. The van der Waals surface area contributed by atoms with Crippen molar-refractivity contribution in [3.63, 3.8) is 0 Å². The second kappa shape index (κ2) is 6.97. The molecular formula is C21H23N7O. The van der Waals surface area contributed by atoms with Crippen LogP contribution in [0.3, 0.4) is 0 Å². The number of aromatic amines is 1. The summed E-state index contributed by atoms with van der Waals surface area (Å²) in [6.07, 6.45) is 3.51. The largest absolute Gasteiger partial charge is 0.338 e. The van der Waals surface area contributed by atoms with Crippen LogP contribution in [0.2, 0.25) is 0 Å². The van der Waals surface area contributed by atoms with Gasteiger partial charge in [-0.25, -0.2) is 9.97 Å². The monoisotopic (exact) mass is 389 g/mol. The number of hydrogen-bond donors (Lipinski definition) is 1. The number of rotatable bonds is 3. The van der Waals surface area contributed by atoms with Gasteiger partial charge in [-0.15, -0.1) is 0 Å². The van der Waals surface area contributed by atoms with E-state index in [2.05, 4.69) is 31.8 Å². The van der Waals surface area contributed by atoms with Crippen LogP contribution >= 0.6 is 0 Å². The molecule has 29 heavy (non-hydrogen) atoms. The Balaban J connectivity index is 1.63. The number of piperazine rings is 1. The van der Waals surface area contributed by atoms with Crippen molar-refractivity contribution < 1.29 is 0 Å². The molecule has 8 heteroatoms. The van der Waals surface area contributed by atoms with Gasteiger partial charge in [0.25, 0.3) is 0 Å². The van der Waals surface area contributed by atoms with Gasteiger partial charge in [-0.3, -0.25) is 4.79 Å². The molecule has 4 aromatic rings. The molecule has 0 atom stereocenters. The van der Waals surface area contributed by atoms with Gasteiger partial charge in [0, 0.05) is 45.1 Å². The maximum Gasteiger partial charge on any atom is 0.227 e. The lowest BCUT2D eigenvalue weighted by atomic mass is 10.2. The summed E-state index contributed by atoms with van der Waals surface area (Å²) in [7, 11) is 2.12. The van der Waals surface area contributed by atoms with Crippen LogP contribution in [0.15, 0.2) is 41.5 Å². The lowest BCUT2D eigenvalue weighted by molar-refractivity contribution is 0.311. The number of nitrogens with one attached hydrogen (secondary N) is 1. The molecule has 1 aromatic carbocycles. The van der Waals surface area contributed by atoms with Crippen molar-refractivity contribution in [2.24, 2.45) is 0 Å². The highest BCUT2D eigenvalue weighted by molar-refractivity contribution is 5.83. The second-order valence-corrected chi connectivity index (χ2v) is 7.46. The number of benzene rings is 1. The van der Waals surface area contributed by atoms with Crippen LogP contribution in [0.5, 0.6) is 0 Å². The molecule has 0 radical (unpaired) electrons. The quantitative estimate of drug-likeness (QED) is 0.578. The molecule has 5 rings (SSSR count). The van der Waals surface area contributed by atoms with E-state index in [1.54, 1.807) is 6.20 Å². The number of anilines is 1. The zero-order chi connectivity index (χ0) is 20.0. The number of nitrogens with zero attached hydrogens (tertiary/aromatic N) is 6. The summed E-state index contributed by atoms with van der Waals surface area (Å²) in [4.78, 5) is 34.8. The third-order valence-electron chi connectivity index (χ3n) is 5.57. The van der Waals surface area contributed by atoms with E-state index in [1.165, 1.54) is 0 Å². The molecule has 0 spiro atoms. The van der Waals surface area contributed by atoms with Crippen molar-refractivity contribution in [2.45, 2.75) is 13.5 Å². The first kappa shape index (κ1) is 17.8. The maximum atomic E-state index is 13.2. The molecule has 1 aliphatic heterocycles. The minimum Gasteiger partial charge on any atom is -0.338 e. The van der Waals surface area contributed by atoms with Crippen molar-refractivity contribution in [1.82, 2.24) is 29.4 Å². The first-order valence-corrected chi connectivity index (χ1v) is 9.93. The summed E-state index contributed by atoms with van der Waals surface area (Å²) in [6.45, 7) is 6.47. The Morgan fingerprint density at radius 1 is 1.10 bits per heavy atom. The molecule has 1 fully saturated rings. The van der Waals surface area contributed by atoms with E-state index in [0.717, 1.165) is 37.2 Å². The van der Waals surface area contributed by atoms with Crippen molar-refractivity contribution in [2.75, 3.05) is 38.1 Å². The molecule has 1 N–H and O–H groups in total. The number of fused-ring (bicyclic) bond motifs is 2. The van der Waals surface area contributed by atoms with E-state index < -0.39 is 0 Å². The molecule has 148 valence electrons. The SMILES string of the molecule is CCn1cc(-c2nc3ccccc3[nH]2)c(=O)c2cnc(N3CCN(C)CC3)nc21. The summed E-state index contributed by atoms with van der Waals surface area (Å²) >= 11 is 0. The zero-order valence-corrected chi connectivity index (χ0v) is 16.6. The first-order chi connectivity index (χ1) is 14.1. The Bertz CT molecular complexity index is 1220. The predicted molar refractivity (Wildman–Crippen MR) is 114 cm³/mol. The molecular weight excluding hydrogens is 366 g/mol. The minimum absolute atomic E-state index is 0.103. The summed E-state index contributed by atoms with van der Waals surface area (Å²) in [6, 6.07) is 7.77. The van der Waals surface area contributed by atoms with Crippen LogP contribution in [-0.2, 0) is 6.54 Å². The van der Waals surface area contributed by atoms with Crippen molar-refractivity contribution >= 4 is 28.0 Å². The van der Waals surface area contributed by atoms with Gasteiger partial charge in [-0.2, -0.15) is 4.98 Å². The fraction of sp³-hybridized carbons (Fsp3) is 0.333. The van der Waals surface area contributed by atoms with E-state index in [9.17, 15) is 4.79 Å². The third-order valence-corrected chi connectivity index (χ3v) is 5.57. The number of pyridine rings is 1. The number of aromatic nitrogens is 5. The maximum absolute atomic E-state index is 13.2. The van der Waals surface area contributed by atoms with Gasteiger partial charge >= 0.3 is 0 Å². The number of para-hydroxylation sites is 2. The molecule has 0 aliphatic carbocycles. The first-order valence-electron chi connectivity index (χ1n) is 9.93. The number of H-pyrrole nitrogens is 1. The number of imidazole rings is 1. The third kappa shape index (κ3) is 3.05. The zero-order valence-electron chi connectivity index (χ0n) is 16.6. The van der Waals surface area contributed by atoms with Gasteiger partial charge in [0.1, 0.15) is 11.5 Å². The fourth-order valence-electron chi connectivity index (χ4n) is 3.81. The summed E-state index contributed by atoms with van der Waals surface area (Å²) in [5.74, 6) is 1.26. The van der Waals surface area contributed by atoms with Gasteiger partial charge in [0.05, 0.1) is 22.0 Å². The van der Waals surface area contributed by atoms with Gasteiger partial charge in [-0.05, 0) is 26.1 Å². The predicted octanol–water partition coefficient (Wildman–Crippen LogP) is 2.11. The summed E-state index contributed by atoms with van der Waals surface area (Å²) < 4.78 is 2.00. The van der Waals surface area contributed by atoms with Crippen molar-refractivity contribution in [1.29, 1.82) is 0 Å². The van der Waals surface area contributed by atoms with Crippen molar-refractivity contribution in [3.05, 3.63) is 46.9 Å². The second-order valence-electron chi connectivity index (χ2n) is 7.46. The van der Waals surface area contributed by atoms with E-state index in [-0.39, 0.29) is 5.43 Å². The van der Waals surface area contributed by atoms with Crippen LogP contribution < -0.4 is 10.3 Å². The number of likely N-dealkylation sites (N-methyl/N-ethyl adjacent to an activating group) is 1. The van der Waals surface area contributed by atoms with Crippen LogP contribution in [0.4, 0.5) is 5.95 Å². The lowest BCUT2D eigenvalue weighted by Crippen LogP contribution is -2.45. The highest BCUT2D eigenvalue weighted by Crippen LogP contribution is 2.21. The van der Waals surface area contributed by atoms with E-state index in [4.69, 9.17) is 4.98 Å². The lowest BCUT2D eigenvalue weighted by Gasteiger charge is -2.32. The van der Waals surface area contributed by atoms with Gasteiger partial charge in [0.15, 0.2) is 0 Å². The van der Waals surface area contributed by atoms with Crippen LogP contribution in [0.25, 0.3) is 33.5 Å². The van der Waals surface area contributed by atoms with Gasteiger partial charge in [0.2, 0.25) is 11.4 Å². The molecule has 1 saturated heterocycles. The smallest absolute Gasteiger partial charge is 0.227 e. The Labute approximate surface area is 167 Å². The molecule has 8 nitrogen and oxygen atoms in total. The van der Waals surface area contributed by atoms with Crippen molar-refractivity contribution in [3.8, 4) is 11.4 Å². The average Bonchev–Trinajstić information content (AvgIpc) is 3.18. The normalized spacial score (nSPS) is 15.4. The van der Waals surface area contributed by atoms with Crippen LogP contribution in [0, 0.1) is 0 Å². The molecule has 1 aliphatic rings. The molecule has 0 unspecified atom stereocenters.